The van der Waals surface area contributed by atoms with Crippen molar-refractivity contribution in [1.82, 2.24) is 10.2 Å². The van der Waals surface area contributed by atoms with Gasteiger partial charge in [-0.3, -0.25) is 9.59 Å². The molecule has 1 saturated heterocycles. The van der Waals surface area contributed by atoms with Crippen LogP contribution in [0.25, 0.3) is 0 Å². The molecular formula is C19H24N2O2. The summed E-state index contributed by atoms with van der Waals surface area (Å²) in [5.41, 5.74) is 1.82. The summed E-state index contributed by atoms with van der Waals surface area (Å²) < 4.78 is 0. The Bertz CT molecular complexity index is 610. The summed E-state index contributed by atoms with van der Waals surface area (Å²) in [4.78, 5) is 26.0. The Labute approximate surface area is 137 Å². The van der Waals surface area contributed by atoms with Crippen molar-refractivity contribution >= 4 is 11.8 Å². The highest BCUT2D eigenvalue weighted by Gasteiger charge is 2.40. The number of carbonyl (C=O) groups excluding carboxylic acids is 2. The van der Waals surface area contributed by atoms with E-state index in [0.717, 1.165) is 36.4 Å². The lowest BCUT2D eigenvalue weighted by molar-refractivity contribution is -0.128. The predicted octanol–water partition coefficient (Wildman–Crippen LogP) is 2.73. The van der Waals surface area contributed by atoms with E-state index in [1.54, 1.807) is 0 Å². The Hall–Kier alpha value is -1.84. The van der Waals surface area contributed by atoms with Crippen molar-refractivity contribution in [3.63, 3.8) is 0 Å². The minimum absolute atomic E-state index is 0.0475. The fourth-order valence-corrected chi connectivity index (χ4v) is 4.53. The zero-order valence-electron chi connectivity index (χ0n) is 13.5. The number of amides is 2. The summed E-state index contributed by atoms with van der Waals surface area (Å²) >= 11 is 0. The first-order valence-corrected chi connectivity index (χ1v) is 8.86. The maximum atomic E-state index is 12.4. The maximum absolute atomic E-state index is 12.4. The van der Waals surface area contributed by atoms with E-state index in [9.17, 15) is 9.59 Å². The van der Waals surface area contributed by atoms with E-state index < -0.39 is 0 Å². The minimum Gasteiger partial charge on any atom is -0.349 e. The lowest BCUT2D eigenvalue weighted by Crippen LogP contribution is -2.38. The molecule has 0 aromatic heterocycles. The van der Waals surface area contributed by atoms with Crippen LogP contribution in [0.2, 0.25) is 0 Å². The van der Waals surface area contributed by atoms with Crippen LogP contribution in [0.1, 0.15) is 54.4 Å². The first kappa shape index (κ1) is 14.7. The average Bonchev–Trinajstić information content (AvgIpc) is 3.26. The van der Waals surface area contributed by atoms with E-state index in [1.165, 1.54) is 19.3 Å². The smallest absolute Gasteiger partial charge is 0.251 e. The molecule has 3 aliphatic rings. The van der Waals surface area contributed by atoms with Crippen molar-refractivity contribution in [3.05, 3.63) is 35.4 Å². The number of fused-ring (bicyclic) bond motifs is 2. The quantitative estimate of drug-likeness (QED) is 0.929. The molecule has 2 aliphatic carbocycles. The Morgan fingerprint density at radius 2 is 2.00 bits per heavy atom. The van der Waals surface area contributed by atoms with Crippen LogP contribution >= 0.6 is 0 Å². The Morgan fingerprint density at radius 3 is 2.61 bits per heavy atom. The molecule has 122 valence electrons. The van der Waals surface area contributed by atoms with E-state index in [2.05, 4.69) is 5.32 Å². The van der Waals surface area contributed by atoms with Gasteiger partial charge in [0.05, 0.1) is 0 Å². The van der Waals surface area contributed by atoms with E-state index in [0.29, 0.717) is 24.9 Å². The van der Waals surface area contributed by atoms with Gasteiger partial charge in [0.2, 0.25) is 5.91 Å². The van der Waals surface area contributed by atoms with Gasteiger partial charge in [0.25, 0.3) is 5.91 Å². The standard InChI is InChI=1S/C19H24N2O2/c22-18-2-1-9-21(18)12-13-3-6-15(7-4-13)19(23)20-17-11-14-5-8-16(17)10-14/h3-4,6-7,14,16-17H,1-2,5,8-12H2,(H,20,23)/t14-,16-,17+/m0/s1. The number of nitrogens with one attached hydrogen (secondary N) is 1. The van der Waals surface area contributed by atoms with Crippen molar-refractivity contribution in [2.24, 2.45) is 11.8 Å². The summed E-state index contributed by atoms with van der Waals surface area (Å²) in [7, 11) is 0. The third kappa shape index (κ3) is 2.99. The van der Waals surface area contributed by atoms with E-state index in [4.69, 9.17) is 0 Å². The summed E-state index contributed by atoms with van der Waals surface area (Å²) in [6.07, 6.45) is 6.71. The molecule has 1 aliphatic heterocycles. The third-order valence-corrected chi connectivity index (χ3v) is 5.82. The third-order valence-electron chi connectivity index (χ3n) is 5.82. The van der Waals surface area contributed by atoms with Crippen LogP contribution in [0.4, 0.5) is 0 Å². The first-order chi connectivity index (χ1) is 11.2. The molecule has 2 amide bonds. The SMILES string of the molecule is O=C(N[C@@H]1C[C@H]2CC[C@H]1C2)c1ccc(CN2CCCC2=O)cc1. The molecule has 0 radical (unpaired) electrons. The van der Waals surface area contributed by atoms with Gasteiger partial charge in [-0.05, 0) is 55.2 Å². The molecule has 1 aromatic carbocycles. The molecule has 1 heterocycles. The zero-order chi connectivity index (χ0) is 15.8. The molecule has 0 unspecified atom stereocenters. The van der Waals surface area contributed by atoms with Gasteiger partial charge in [0, 0.05) is 31.1 Å². The van der Waals surface area contributed by atoms with Gasteiger partial charge >= 0.3 is 0 Å². The normalized spacial score (nSPS) is 29.3. The van der Waals surface area contributed by atoms with Gasteiger partial charge in [0.15, 0.2) is 0 Å². The molecule has 4 heteroatoms. The molecule has 2 saturated carbocycles. The maximum Gasteiger partial charge on any atom is 0.251 e. The number of likely N-dealkylation sites (tertiary alicyclic amines) is 1. The first-order valence-electron chi connectivity index (χ1n) is 8.86. The van der Waals surface area contributed by atoms with Gasteiger partial charge in [0.1, 0.15) is 0 Å². The largest absolute Gasteiger partial charge is 0.349 e. The monoisotopic (exact) mass is 312 g/mol. The van der Waals surface area contributed by atoms with Gasteiger partial charge in [-0.1, -0.05) is 18.6 Å². The lowest BCUT2D eigenvalue weighted by Gasteiger charge is -2.23. The highest BCUT2D eigenvalue weighted by molar-refractivity contribution is 5.94. The molecule has 3 atom stereocenters. The van der Waals surface area contributed by atoms with Crippen molar-refractivity contribution < 1.29 is 9.59 Å². The van der Waals surface area contributed by atoms with Gasteiger partial charge in [-0.25, -0.2) is 0 Å². The molecule has 4 rings (SSSR count). The predicted molar refractivity (Wildman–Crippen MR) is 87.8 cm³/mol. The van der Waals surface area contributed by atoms with Crippen molar-refractivity contribution in [1.29, 1.82) is 0 Å². The highest BCUT2D eigenvalue weighted by atomic mass is 16.2. The summed E-state index contributed by atoms with van der Waals surface area (Å²) in [6, 6.07) is 8.10. The van der Waals surface area contributed by atoms with Crippen LogP contribution in [0.15, 0.2) is 24.3 Å². The topological polar surface area (TPSA) is 49.4 Å². The van der Waals surface area contributed by atoms with E-state index in [1.807, 2.05) is 29.2 Å². The molecule has 1 N–H and O–H groups in total. The van der Waals surface area contributed by atoms with Crippen LogP contribution in [0.3, 0.4) is 0 Å². The van der Waals surface area contributed by atoms with Crippen molar-refractivity contribution in [2.75, 3.05) is 6.54 Å². The zero-order valence-corrected chi connectivity index (χ0v) is 13.5. The van der Waals surface area contributed by atoms with Gasteiger partial charge < -0.3 is 10.2 Å². The van der Waals surface area contributed by atoms with Crippen LogP contribution in [0, 0.1) is 11.8 Å². The molecule has 23 heavy (non-hydrogen) atoms. The number of rotatable bonds is 4. The van der Waals surface area contributed by atoms with Crippen LogP contribution in [-0.2, 0) is 11.3 Å². The second kappa shape index (κ2) is 5.99. The van der Waals surface area contributed by atoms with Crippen LogP contribution < -0.4 is 5.32 Å². The Morgan fingerprint density at radius 1 is 1.17 bits per heavy atom. The molecule has 4 nitrogen and oxygen atoms in total. The van der Waals surface area contributed by atoms with E-state index >= 15 is 0 Å². The second-order valence-corrected chi connectivity index (χ2v) is 7.37. The Balaban J connectivity index is 1.35. The number of hydrogen-bond donors (Lipinski definition) is 1. The average molecular weight is 312 g/mol. The van der Waals surface area contributed by atoms with Crippen molar-refractivity contribution in [2.45, 2.75) is 51.1 Å². The van der Waals surface area contributed by atoms with E-state index in [-0.39, 0.29) is 11.8 Å². The van der Waals surface area contributed by atoms with Gasteiger partial charge in [-0.2, -0.15) is 0 Å². The fraction of sp³-hybridized carbons (Fsp3) is 0.579. The number of nitrogens with zero attached hydrogens (tertiary/aromatic N) is 1. The molecule has 0 spiro atoms. The molecular weight excluding hydrogens is 288 g/mol. The highest BCUT2D eigenvalue weighted by Crippen LogP contribution is 2.44. The number of carbonyl (C=O) groups is 2. The lowest BCUT2D eigenvalue weighted by atomic mass is 9.95. The van der Waals surface area contributed by atoms with Crippen LogP contribution in [-0.4, -0.2) is 29.3 Å². The molecule has 2 bridgehead atoms. The number of hydrogen-bond acceptors (Lipinski definition) is 2. The van der Waals surface area contributed by atoms with Gasteiger partial charge in [-0.15, -0.1) is 0 Å². The fourth-order valence-electron chi connectivity index (χ4n) is 4.53. The second-order valence-electron chi connectivity index (χ2n) is 7.37. The summed E-state index contributed by atoms with van der Waals surface area (Å²) in [5, 5.41) is 3.22. The number of benzene rings is 1. The molecule has 1 aromatic rings. The van der Waals surface area contributed by atoms with Crippen LogP contribution in [0.5, 0.6) is 0 Å². The van der Waals surface area contributed by atoms with Crippen molar-refractivity contribution in [3.8, 4) is 0 Å². The summed E-state index contributed by atoms with van der Waals surface area (Å²) in [6.45, 7) is 1.51. The minimum atomic E-state index is 0.0475. The molecule has 3 fully saturated rings. The summed E-state index contributed by atoms with van der Waals surface area (Å²) in [5.74, 6) is 1.82. The Kier molecular flexibility index (Phi) is 3.83.